The van der Waals surface area contributed by atoms with Crippen LogP contribution < -0.4 is 4.74 Å². The fourth-order valence-electron chi connectivity index (χ4n) is 3.80. The highest BCUT2D eigenvalue weighted by Gasteiger charge is 2.19. The second-order valence-electron chi connectivity index (χ2n) is 7.53. The van der Waals surface area contributed by atoms with E-state index >= 15 is 0 Å². The Hall–Kier alpha value is -3.72. The van der Waals surface area contributed by atoms with Crippen LogP contribution in [-0.2, 0) is 0 Å². The number of ether oxygens (including phenoxy) is 1. The van der Waals surface area contributed by atoms with Gasteiger partial charge >= 0.3 is 0 Å². The van der Waals surface area contributed by atoms with Gasteiger partial charge in [-0.1, -0.05) is 60.7 Å². The van der Waals surface area contributed by atoms with Gasteiger partial charge in [0, 0.05) is 16.6 Å². The first-order chi connectivity index (χ1) is 15.1. The van der Waals surface area contributed by atoms with Gasteiger partial charge in [-0.05, 0) is 61.7 Å². The van der Waals surface area contributed by atoms with Gasteiger partial charge in [0.1, 0.15) is 5.75 Å². The lowest BCUT2D eigenvalue weighted by molar-refractivity contribution is 0.104. The molecule has 0 aliphatic carbocycles. The Morgan fingerprint density at radius 2 is 1.71 bits per heavy atom. The number of hydrogen-bond acceptors (Lipinski definition) is 3. The molecule has 31 heavy (non-hydrogen) atoms. The van der Waals surface area contributed by atoms with Crippen LogP contribution in [0.25, 0.3) is 28.1 Å². The molecule has 3 aromatic carbocycles. The molecule has 0 saturated carbocycles. The molecule has 4 rings (SSSR count). The molecule has 3 nitrogen and oxygen atoms in total. The molecule has 0 unspecified atom stereocenters. The largest absolute Gasteiger partial charge is 0.494 e. The summed E-state index contributed by atoms with van der Waals surface area (Å²) in [4.78, 5) is 18.1. The van der Waals surface area contributed by atoms with Crippen LogP contribution in [-0.4, -0.2) is 17.4 Å². The number of fused-ring (bicyclic) bond motifs is 1. The first kappa shape index (κ1) is 20.5. The number of ketones is 1. The number of aromatic nitrogens is 1. The second-order valence-corrected chi connectivity index (χ2v) is 7.53. The van der Waals surface area contributed by atoms with Crippen molar-refractivity contribution in [1.82, 2.24) is 4.98 Å². The van der Waals surface area contributed by atoms with Crippen molar-refractivity contribution in [1.29, 1.82) is 0 Å². The van der Waals surface area contributed by atoms with Gasteiger partial charge < -0.3 is 4.74 Å². The lowest BCUT2D eigenvalue weighted by Gasteiger charge is -2.14. The Kier molecular flexibility index (Phi) is 5.94. The molecule has 0 radical (unpaired) electrons. The van der Waals surface area contributed by atoms with Crippen molar-refractivity contribution in [2.75, 3.05) is 6.61 Å². The standard InChI is InChI=1S/C28H25NO2/c1-4-31-23-14-11-21(12-15-23)13-17-26(30)27-20(3)29-25-18-19(2)10-16-24(25)28(27)22-8-6-5-7-9-22/h5-18H,4H2,1-3H3/b17-13+. The van der Waals surface area contributed by atoms with Crippen molar-refractivity contribution in [3.8, 4) is 16.9 Å². The fraction of sp³-hybridized carbons (Fsp3) is 0.143. The van der Waals surface area contributed by atoms with Gasteiger partial charge in [0.25, 0.3) is 0 Å². The van der Waals surface area contributed by atoms with E-state index in [1.165, 1.54) is 0 Å². The van der Waals surface area contributed by atoms with E-state index in [2.05, 4.69) is 25.1 Å². The van der Waals surface area contributed by atoms with Crippen LogP contribution in [0, 0.1) is 13.8 Å². The highest BCUT2D eigenvalue weighted by atomic mass is 16.5. The summed E-state index contributed by atoms with van der Waals surface area (Å²) in [5, 5.41) is 0.986. The Balaban J connectivity index is 1.80. The summed E-state index contributed by atoms with van der Waals surface area (Å²) >= 11 is 0. The molecule has 154 valence electrons. The highest BCUT2D eigenvalue weighted by Crippen LogP contribution is 2.34. The van der Waals surface area contributed by atoms with Crippen LogP contribution in [0.5, 0.6) is 5.75 Å². The van der Waals surface area contributed by atoms with E-state index in [0.29, 0.717) is 12.2 Å². The lowest BCUT2D eigenvalue weighted by Crippen LogP contribution is -2.05. The molecule has 0 bridgehead atoms. The number of nitrogens with zero attached hydrogens (tertiary/aromatic N) is 1. The number of carbonyl (C=O) groups is 1. The van der Waals surface area contributed by atoms with E-state index in [4.69, 9.17) is 9.72 Å². The van der Waals surface area contributed by atoms with E-state index < -0.39 is 0 Å². The maximum atomic E-state index is 13.4. The second kappa shape index (κ2) is 8.97. The fourth-order valence-corrected chi connectivity index (χ4v) is 3.80. The molecule has 0 N–H and O–H groups in total. The zero-order valence-electron chi connectivity index (χ0n) is 18.1. The summed E-state index contributed by atoms with van der Waals surface area (Å²) in [5.41, 5.74) is 6.32. The molecular weight excluding hydrogens is 382 g/mol. The molecule has 0 aliphatic rings. The average molecular weight is 408 g/mol. The molecular formula is C28H25NO2. The van der Waals surface area contributed by atoms with Crippen LogP contribution in [0.15, 0.2) is 78.9 Å². The van der Waals surface area contributed by atoms with Crippen LogP contribution in [0.4, 0.5) is 0 Å². The normalized spacial score (nSPS) is 11.2. The van der Waals surface area contributed by atoms with Crippen LogP contribution in [0.2, 0.25) is 0 Å². The Morgan fingerprint density at radius 3 is 2.42 bits per heavy atom. The summed E-state index contributed by atoms with van der Waals surface area (Å²) in [6, 6.07) is 24.0. The molecule has 4 aromatic rings. The van der Waals surface area contributed by atoms with Crippen molar-refractivity contribution < 1.29 is 9.53 Å². The summed E-state index contributed by atoms with van der Waals surface area (Å²) in [5.74, 6) is 0.766. The average Bonchev–Trinajstić information content (AvgIpc) is 2.78. The topological polar surface area (TPSA) is 39.2 Å². The molecule has 0 aliphatic heterocycles. The van der Waals surface area contributed by atoms with Gasteiger partial charge in [0.05, 0.1) is 17.7 Å². The number of hydrogen-bond donors (Lipinski definition) is 0. The maximum Gasteiger partial charge on any atom is 0.188 e. The number of benzene rings is 3. The monoisotopic (exact) mass is 407 g/mol. The van der Waals surface area contributed by atoms with Crippen LogP contribution in [0.1, 0.15) is 34.1 Å². The third kappa shape index (κ3) is 4.41. The van der Waals surface area contributed by atoms with Gasteiger partial charge in [0.2, 0.25) is 0 Å². The predicted octanol–water partition coefficient (Wildman–Crippen LogP) is 6.81. The minimum Gasteiger partial charge on any atom is -0.494 e. The van der Waals surface area contributed by atoms with Crippen molar-refractivity contribution in [3.05, 3.63) is 101 Å². The first-order valence-corrected chi connectivity index (χ1v) is 10.5. The minimum atomic E-state index is -0.0554. The number of rotatable bonds is 6. The smallest absolute Gasteiger partial charge is 0.188 e. The molecule has 0 saturated heterocycles. The van der Waals surface area contributed by atoms with Crippen LogP contribution >= 0.6 is 0 Å². The Bertz CT molecular complexity index is 1260. The Morgan fingerprint density at radius 1 is 0.968 bits per heavy atom. The zero-order chi connectivity index (χ0) is 21.8. The quantitative estimate of drug-likeness (QED) is 0.260. The summed E-state index contributed by atoms with van der Waals surface area (Å²) in [7, 11) is 0. The van der Waals surface area contributed by atoms with E-state index in [9.17, 15) is 4.79 Å². The number of carbonyl (C=O) groups excluding carboxylic acids is 1. The first-order valence-electron chi connectivity index (χ1n) is 10.5. The minimum absolute atomic E-state index is 0.0554. The maximum absolute atomic E-state index is 13.4. The van der Waals surface area contributed by atoms with Gasteiger partial charge in [-0.25, -0.2) is 0 Å². The van der Waals surface area contributed by atoms with E-state index in [1.54, 1.807) is 6.08 Å². The lowest BCUT2D eigenvalue weighted by atomic mass is 9.91. The molecule has 0 amide bonds. The number of allylic oxidation sites excluding steroid dienone is 1. The summed E-state index contributed by atoms with van der Waals surface area (Å²) in [6.07, 6.45) is 3.47. The third-order valence-corrected chi connectivity index (χ3v) is 5.25. The van der Waals surface area contributed by atoms with Crippen molar-refractivity contribution in [3.63, 3.8) is 0 Å². The van der Waals surface area contributed by atoms with Gasteiger partial charge in [-0.3, -0.25) is 9.78 Å². The zero-order valence-corrected chi connectivity index (χ0v) is 18.1. The SMILES string of the molecule is CCOc1ccc(/C=C/C(=O)c2c(C)nc3cc(C)ccc3c2-c2ccccc2)cc1. The van der Waals surface area contributed by atoms with Crippen LogP contribution in [0.3, 0.4) is 0 Å². The molecule has 0 spiro atoms. The summed E-state index contributed by atoms with van der Waals surface area (Å²) in [6.45, 7) is 6.55. The third-order valence-electron chi connectivity index (χ3n) is 5.25. The number of pyridine rings is 1. The molecule has 0 atom stereocenters. The van der Waals surface area contributed by atoms with E-state index in [1.807, 2.05) is 74.5 Å². The molecule has 0 fully saturated rings. The van der Waals surface area contributed by atoms with Crippen molar-refractivity contribution in [2.45, 2.75) is 20.8 Å². The van der Waals surface area contributed by atoms with Gasteiger partial charge in [0.15, 0.2) is 5.78 Å². The Labute approximate surface area is 183 Å². The van der Waals surface area contributed by atoms with E-state index in [0.717, 1.165) is 44.6 Å². The molecule has 1 aromatic heterocycles. The molecule has 3 heteroatoms. The predicted molar refractivity (Wildman–Crippen MR) is 128 cm³/mol. The van der Waals surface area contributed by atoms with Crippen molar-refractivity contribution in [2.24, 2.45) is 0 Å². The van der Waals surface area contributed by atoms with Gasteiger partial charge in [-0.15, -0.1) is 0 Å². The van der Waals surface area contributed by atoms with E-state index in [-0.39, 0.29) is 5.78 Å². The highest BCUT2D eigenvalue weighted by molar-refractivity contribution is 6.16. The summed E-state index contributed by atoms with van der Waals surface area (Å²) < 4.78 is 5.49. The molecule has 1 heterocycles. The number of aryl methyl sites for hydroxylation is 2. The van der Waals surface area contributed by atoms with Crippen molar-refractivity contribution >= 4 is 22.8 Å². The van der Waals surface area contributed by atoms with Gasteiger partial charge in [-0.2, -0.15) is 0 Å².